The molecule has 80 valence electrons. The fourth-order valence-corrected chi connectivity index (χ4v) is 2.11. The molecule has 0 amide bonds. The summed E-state index contributed by atoms with van der Waals surface area (Å²) >= 11 is 1.24. The molecule has 0 radical (unpaired) electrons. The molecule has 3 aromatic rings. The highest BCUT2D eigenvalue weighted by Gasteiger charge is 2.18. The van der Waals surface area contributed by atoms with E-state index in [4.69, 9.17) is 5.11 Å². The van der Waals surface area contributed by atoms with Crippen molar-refractivity contribution in [1.82, 2.24) is 29.8 Å². The van der Waals surface area contributed by atoms with Gasteiger partial charge in [-0.3, -0.25) is 0 Å². The van der Waals surface area contributed by atoms with Crippen LogP contribution in [0.15, 0.2) is 12.7 Å². The third-order valence-corrected chi connectivity index (χ3v) is 2.87. The van der Waals surface area contributed by atoms with E-state index in [9.17, 15) is 4.79 Å². The molecule has 8 nitrogen and oxygen atoms in total. The fraction of sp³-hybridized carbons (Fsp3) is 0. The van der Waals surface area contributed by atoms with Crippen LogP contribution in [0.1, 0.15) is 10.5 Å². The predicted molar refractivity (Wildman–Crippen MR) is 53.2 cm³/mol. The lowest BCUT2D eigenvalue weighted by Crippen LogP contribution is -1.99. The van der Waals surface area contributed by atoms with E-state index in [2.05, 4.69) is 25.3 Å². The number of nitrogens with one attached hydrogen (secondary N) is 1. The number of carboxylic acid groups (broad SMARTS) is 1. The van der Waals surface area contributed by atoms with Crippen LogP contribution in [0.5, 0.6) is 0 Å². The quantitative estimate of drug-likeness (QED) is 0.661. The summed E-state index contributed by atoms with van der Waals surface area (Å²) in [5.74, 6) is -1.10. The Labute approximate surface area is 91.6 Å². The van der Waals surface area contributed by atoms with Crippen LogP contribution in [0.2, 0.25) is 0 Å². The van der Waals surface area contributed by atoms with Gasteiger partial charge in [0.15, 0.2) is 10.7 Å². The predicted octanol–water partition coefficient (Wildman–Crippen LogP) is 0.274. The SMILES string of the molecule is O=C(O)c1nc[nH]c1-c1nn2cnnc2s1. The Hall–Kier alpha value is -2.29. The van der Waals surface area contributed by atoms with Crippen LogP contribution in [-0.4, -0.2) is 40.9 Å². The summed E-state index contributed by atoms with van der Waals surface area (Å²) in [5.41, 5.74) is 0.327. The molecular formula is C7H4N6O2S. The zero-order valence-electron chi connectivity index (χ0n) is 7.65. The number of carboxylic acids is 1. The van der Waals surface area contributed by atoms with Crippen molar-refractivity contribution in [3.05, 3.63) is 18.3 Å². The molecule has 16 heavy (non-hydrogen) atoms. The summed E-state index contributed by atoms with van der Waals surface area (Å²) < 4.78 is 1.48. The van der Waals surface area contributed by atoms with E-state index >= 15 is 0 Å². The van der Waals surface area contributed by atoms with Crippen LogP contribution >= 0.6 is 11.3 Å². The molecule has 0 saturated carbocycles. The second-order valence-electron chi connectivity index (χ2n) is 2.90. The van der Waals surface area contributed by atoms with E-state index in [1.165, 1.54) is 28.5 Å². The molecule has 9 heteroatoms. The van der Waals surface area contributed by atoms with Gasteiger partial charge in [-0.1, -0.05) is 11.3 Å². The minimum Gasteiger partial charge on any atom is -0.476 e. The Morgan fingerprint density at radius 3 is 3.19 bits per heavy atom. The van der Waals surface area contributed by atoms with Gasteiger partial charge in [0.2, 0.25) is 4.96 Å². The van der Waals surface area contributed by atoms with Crippen LogP contribution < -0.4 is 0 Å². The van der Waals surface area contributed by atoms with Crippen LogP contribution in [0.3, 0.4) is 0 Å². The molecule has 0 aromatic carbocycles. The number of aromatic amines is 1. The summed E-state index contributed by atoms with van der Waals surface area (Å²) in [5, 5.41) is 21.0. The standard InChI is InChI=1S/C7H4N6O2S/c14-6(15)4-3(8-1-9-4)5-12-13-2-10-11-7(13)16-5/h1-2H,(H,8,9)(H,14,15). The lowest BCUT2D eigenvalue weighted by molar-refractivity contribution is 0.0692. The lowest BCUT2D eigenvalue weighted by atomic mass is 10.3. The van der Waals surface area contributed by atoms with Gasteiger partial charge in [0, 0.05) is 0 Å². The monoisotopic (exact) mass is 236 g/mol. The van der Waals surface area contributed by atoms with Gasteiger partial charge >= 0.3 is 5.97 Å². The van der Waals surface area contributed by atoms with Gasteiger partial charge in [0.05, 0.1) is 6.33 Å². The molecule has 0 atom stereocenters. The molecule has 2 N–H and O–H groups in total. The zero-order valence-corrected chi connectivity index (χ0v) is 8.47. The molecule has 0 bridgehead atoms. The number of rotatable bonds is 2. The average molecular weight is 236 g/mol. The van der Waals surface area contributed by atoms with Crippen LogP contribution in [0.25, 0.3) is 15.7 Å². The second kappa shape index (κ2) is 3.10. The van der Waals surface area contributed by atoms with E-state index in [0.29, 0.717) is 15.7 Å². The number of H-pyrrole nitrogens is 1. The third kappa shape index (κ3) is 1.18. The lowest BCUT2D eigenvalue weighted by Gasteiger charge is -1.91. The van der Waals surface area contributed by atoms with Gasteiger partial charge < -0.3 is 10.1 Å². The number of fused-ring (bicyclic) bond motifs is 1. The van der Waals surface area contributed by atoms with E-state index in [1.807, 2.05) is 0 Å². The Balaban J connectivity index is 2.19. The van der Waals surface area contributed by atoms with E-state index in [1.54, 1.807) is 0 Å². The summed E-state index contributed by atoms with van der Waals surface area (Å²) in [4.78, 5) is 17.9. The molecule has 0 fully saturated rings. The van der Waals surface area contributed by atoms with Crippen molar-refractivity contribution in [2.45, 2.75) is 0 Å². The molecule has 0 aliphatic heterocycles. The Kier molecular flexibility index (Phi) is 1.74. The number of aromatic nitrogens is 6. The summed E-state index contributed by atoms with van der Waals surface area (Å²) in [6.07, 6.45) is 2.77. The van der Waals surface area contributed by atoms with Gasteiger partial charge in [-0.05, 0) is 0 Å². The van der Waals surface area contributed by atoms with Crippen molar-refractivity contribution in [2.75, 3.05) is 0 Å². The van der Waals surface area contributed by atoms with Crippen molar-refractivity contribution >= 4 is 22.3 Å². The molecule has 0 saturated heterocycles. The topological polar surface area (TPSA) is 109 Å². The Morgan fingerprint density at radius 2 is 2.44 bits per heavy atom. The number of imidazole rings is 1. The number of aromatic carboxylic acids is 1. The molecular weight excluding hydrogens is 232 g/mol. The largest absolute Gasteiger partial charge is 0.476 e. The highest BCUT2D eigenvalue weighted by Crippen LogP contribution is 2.25. The molecule has 3 rings (SSSR count). The van der Waals surface area contributed by atoms with Gasteiger partial charge in [0.25, 0.3) is 0 Å². The molecule has 3 heterocycles. The van der Waals surface area contributed by atoms with Gasteiger partial charge in [-0.2, -0.15) is 9.61 Å². The van der Waals surface area contributed by atoms with Gasteiger partial charge in [-0.25, -0.2) is 9.78 Å². The normalized spacial score (nSPS) is 11.0. The van der Waals surface area contributed by atoms with Gasteiger partial charge in [-0.15, -0.1) is 10.2 Å². The van der Waals surface area contributed by atoms with Crippen LogP contribution in [0.4, 0.5) is 0 Å². The van der Waals surface area contributed by atoms with E-state index < -0.39 is 5.97 Å². The maximum Gasteiger partial charge on any atom is 0.356 e. The van der Waals surface area contributed by atoms with Crippen molar-refractivity contribution < 1.29 is 9.90 Å². The summed E-state index contributed by atoms with van der Waals surface area (Å²) in [7, 11) is 0. The maximum absolute atomic E-state index is 10.9. The Bertz CT molecular complexity index is 639. The van der Waals surface area contributed by atoms with E-state index in [-0.39, 0.29) is 5.69 Å². The number of carbonyl (C=O) groups is 1. The first kappa shape index (κ1) is 8.97. The van der Waals surface area contributed by atoms with Crippen molar-refractivity contribution in [3.8, 4) is 10.7 Å². The van der Waals surface area contributed by atoms with Crippen molar-refractivity contribution in [1.29, 1.82) is 0 Å². The molecule has 0 spiro atoms. The first-order valence-corrected chi connectivity index (χ1v) is 5.01. The highest BCUT2D eigenvalue weighted by atomic mass is 32.1. The third-order valence-electron chi connectivity index (χ3n) is 1.94. The zero-order chi connectivity index (χ0) is 11.1. The second-order valence-corrected chi connectivity index (χ2v) is 3.85. The van der Waals surface area contributed by atoms with Gasteiger partial charge in [0.1, 0.15) is 12.0 Å². The molecule has 3 aromatic heterocycles. The van der Waals surface area contributed by atoms with Crippen LogP contribution in [-0.2, 0) is 0 Å². The van der Waals surface area contributed by atoms with Crippen molar-refractivity contribution in [2.24, 2.45) is 0 Å². The average Bonchev–Trinajstić information content (AvgIpc) is 2.91. The minimum absolute atomic E-state index is 0.0510. The van der Waals surface area contributed by atoms with Crippen LogP contribution in [0, 0.1) is 0 Å². The number of nitrogens with zero attached hydrogens (tertiary/aromatic N) is 5. The minimum atomic E-state index is -1.10. The molecule has 0 aliphatic rings. The maximum atomic E-state index is 10.9. The first-order chi connectivity index (χ1) is 7.75. The smallest absolute Gasteiger partial charge is 0.356 e. The van der Waals surface area contributed by atoms with E-state index in [0.717, 1.165) is 0 Å². The molecule has 0 aliphatic carbocycles. The highest BCUT2D eigenvalue weighted by molar-refractivity contribution is 7.19. The summed E-state index contributed by atoms with van der Waals surface area (Å²) in [6.45, 7) is 0. The first-order valence-electron chi connectivity index (χ1n) is 4.19. The molecule has 0 unspecified atom stereocenters. The van der Waals surface area contributed by atoms with Crippen molar-refractivity contribution in [3.63, 3.8) is 0 Å². The fourth-order valence-electron chi connectivity index (χ4n) is 1.28. The number of hydrogen-bond acceptors (Lipinski definition) is 6. The number of hydrogen-bond donors (Lipinski definition) is 2. The Morgan fingerprint density at radius 1 is 1.56 bits per heavy atom. The summed E-state index contributed by atoms with van der Waals surface area (Å²) in [6, 6.07) is 0.